The zero-order valence-electron chi connectivity index (χ0n) is 14.0. The molecule has 0 spiro atoms. The van der Waals surface area contributed by atoms with Crippen molar-refractivity contribution in [3.63, 3.8) is 0 Å². The standard InChI is InChI=1S/C17H29N3O3/c21-16-12-14(13-20(16)15-4-2-1-3-5-15)17(22)18-6-7-19-8-10-23-11-9-19/h14-15H,1-13H2,(H,18,22)/t14-/m1/s1. The zero-order valence-corrected chi connectivity index (χ0v) is 14.0. The molecule has 1 aliphatic carbocycles. The maximum atomic E-state index is 12.3. The molecular formula is C17H29N3O3. The van der Waals surface area contributed by atoms with Crippen molar-refractivity contribution in [2.45, 2.75) is 44.6 Å². The molecule has 1 saturated carbocycles. The number of hydrogen-bond acceptors (Lipinski definition) is 4. The van der Waals surface area contributed by atoms with Gasteiger partial charge in [-0.05, 0) is 12.8 Å². The van der Waals surface area contributed by atoms with Crippen molar-refractivity contribution in [1.29, 1.82) is 0 Å². The fourth-order valence-corrected chi connectivity index (χ4v) is 3.96. The van der Waals surface area contributed by atoms with Gasteiger partial charge in [0.15, 0.2) is 0 Å². The van der Waals surface area contributed by atoms with E-state index in [1.165, 1.54) is 19.3 Å². The SMILES string of the molecule is O=C(NCCN1CCOCC1)[C@@H]1CC(=O)N(C2CCCCC2)C1. The lowest BCUT2D eigenvalue weighted by atomic mass is 9.94. The third kappa shape index (κ3) is 4.44. The molecule has 1 atom stereocenters. The van der Waals surface area contributed by atoms with Gasteiger partial charge in [-0.2, -0.15) is 0 Å². The summed E-state index contributed by atoms with van der Waals surface area (Å²) in [6.07, 6.45) is 6.31. The number of nitrogens with one attached hydrogen (secondary N) is 1. The highest BCUT2D eigenvalue weighted by molar-refractivity contribution is 5.89. The second-order valence-corrected chi connectivity index (χ2v) is 6.98. The summed E-state index contributed by atoms with van der Waals surface area (Å²) in [5, 5.41) is 3.02. The number of carbonyl (C=O) groups excluding carboxylic acids is 2. The molecule has 3 fully saturated rings. The first-order chi connectivity index (χ1) is 11.2. The van der Waals surface area contributed by atoms with Crippen LogP contribution in [-0.4, -0.2) is 73.6 Å². The lowest BCUT2D eigenvalue weighted by molar-refractivity contribution is -0.130. The zero-order chi connectivity index (χ0) is 16.1. The Labute approximate surface area is 138 Å². The van der Waals surface area contributed by atoms with E-state index in [1.807, 2.05) is 4.90 Å². The molecule has 2 heterocycles. The topological polar surface area (TPSA) is 61.9 Å². The second kappa shape index (κ2) is 8.11. The van der Waals surface area contributed by atoms with Crippen LogP contribution in [0.1, 0.15) is 38.5 Å². The van der Waals surface area contributed by atoms with E-state index in [2.05, 4.69) is 10.2 Å². The van der Waals surface area contributed by atoms with Gasteiger partial charge in [-0.25, -0.2) is 0 Å². The van der Waals surface area contributed by atoms with E-state index in [-0.39, 0.29) is 17.7 Å². The summed E-state index contributed by atoms with van der Waals surface area (Å²) in [7, 11) is 0. The highest BCUT2D eigenvalue weighted by Crippen LogP contribution is 2.28. The van der Waals surface area contributed by atoms with Gasteiger partial charge < -0.3 is 15.0 Å². The Kier molecular flexibility index (Phi) is 5.89. The van der Waals surface area contributed by atoms with Crippen molar-refractivity contribution in [3.05, 3.63) is 0 Å². The molecule has 2 saturated heterocycles. The monoisotopic (exact) mass is 323 g/mol. The van der Waals surface area contributed by atoms with E-state index < -0.39 is 0 Å². The van der Waals surface area contributed by atoms with Gasteiger partial charge in [0.05, 0.1) is 19.1 Å². The summed E-state index contributed by atoms with van der Waals surface area (Å²) in [5.41, 5.74) is 0. The first-order valence-corrected chi connectivity index (χ1v) is 9.11. The van der Waals surface area contributed by atoms with Crippen LogP contribution in [-0.2, 0) is 14.3 Å². The molecule has 0 unspecified atom stereocenters. The molecule has 0 aromatic carbocycles. The van der Waals surface area contributed by atoms with E-state index in [1.54, 1.807) is 0 Å². The van der Waals surface area contributed by atoms with Crippen LogP contribution in [0.4, 0.5) is 0 Å². The summed E-state index contributed by atoms with van der Waals surface area (Å²) in [6.45, 7) is 5.57. The van der Waals surface area contributed by atoms with E-state index in [0.717, 1.165) is 45.7 Å². The Morgan fingerprint density at radius 2 is 1.91 bits per heavy atom. The van der Waals surface area contributed by atoms with Gasteiger partial charge in [0.1, 0.15) is 0 Å². The molecule has 0 bridgehead atoms. The molecule has 130 valence electrons. The third-order valence-corrected chi connectivity index (χ3v) is 5.38. The van der Waals surface area contributed by atoms with Gasteiger partial charge in [0.2, 0.25) is 11.8 Å². The van der Waals surface area contributed by atoms with E-state index >= 15 is 0 Å². The predicted molar refractivity (Wildman–Crippen MR) is 87.0 cm³/mol. The molecule has 6 nitrogen and oxygen atoms in total. The average Bonchev–Trinajstić information content (AvgIpc) is 2.98. The summed E-state index contributed by atoms with van der Waals surface area (Å²) >= 11 is 0. The lowest BCUT2D eigenvalue weighted by Gasteiger charge is -2.31. The van der Waals surface area contributed by atoms with Crippen LogP contribution in [0.3, 0.4) is 0 Å². The number of ether oxygens (including phenoxy) is 1. The fourth-order valence-electron chi connectivity index (χ4n) is 3.96. The van der Waals surface area contributed by atoms with Gasteiger partial charge >= 0.3 is 0 Å². The van der Waals surface area contributed by atoms with Gasteiger partial charge in [0.25, 0.3) is 0 Å². The lowest BCUT2D eigenvalue weighted by Crippen LogP contribution is -2.43. The number of amides is 2. The highest BCUT2D eigenvalue weighted by Gasteiger charge is 2.37. The average molecular weight is 323 g/mol. The van der Waals surface area contributed by atoms with Gasteiger partial charge in [0, 0.05) is 45.2 Å². The Hall–Kier alpha value is -1.14. The minimum absolute atomic E-state index is 0.0462. The molecule has 6 heteroatoms. The maximum Gasteiger partial charge on any atom is 0.225 e. The second-order valence-electron chi connectivity index (χ2n) is 6.98. The molecule has 3 rings (SSSR count). The summed E-state index contributed by atoms with van der Waals surface area (Å²) in [5.74, 6) is 0.0595. The van der Waals surface area contributed by atoms with E-state index in [0.29, 0.717) is 25.6 Å². The largest absolute Gasteiger partial charge is 0.379 e. The summed E-state index contributed by atoms with van der Waals surface area (Å²) < 4.78 is 5.32. The summed E-state index contributed by atoms with van der Waals surface area (Å²) in [4.78, 5) is 28.8. The van der Waals surface area contributed by atoms with Crippen LogP contribution >= 0.6 is 0 Å². The van der Waals surface area contributed by atoms with E-state index in [9.17, 15) is 9.59 Å². The molecule has 0 aromatic heterocycles. The molecule has 0 aromatic rings. The Morgan fingerprint density at radius 1 is 1.17 bits per heavy atom. The Bertz CT molecular complexity index is 417. The van der Waals surface area contributed by atoms with Crippen molar-refractivity contribution in [3.8, 4) is 0 Å². The van der Waals surface area contributed by atoms with Crippen LogP contribution in [0, 0.1) is 5.92 Å². The molecule has 2 aliphatic heterocycles. The molecule has 0 radical (unpaired) electrons. The Morgan fingerprint density at radius 3 is 2.65 bits per heavy atom. The smallest absolute Gasteiger partial charge is 0.225 e. The quantitative estimate of drug-likeness (QED) is 0.805. The number of carbonyl (C=O) groups is 2. The number of likely N-dealkylation sites (tertiary alicyclic amines) is 1. The van der Waals surface area contributed by atoms with Crippen LogP contribution in [0.5, 0.6) is 0 Å². The molecular weight excluding hydrogens is 294 g/mol. The number of nitrogens with zero attached hydrogens (tertiary/aromatic N) is 2. The molecule has 3 aliphatic rings. The van der Waals surface area contributed by atoms with Crippen molar-refractivity contribution in [1.82, 2.24) is 15.1 Å². The van der Waals surface area contributed by atoms with Crippen LogP contribution in [0.2, 0.25) is 0 Å². The fraction of sp³-hybridized carbons (Fsp3) is 0.882. The number of morpholine rings is 1. The predicted octanol–water partition coefficient (Wildman–Crippen LogP) is 0.616. The van der Waals surface area contributed by atoms with Crippen molar-refractivity contribution < 1.29 is 14.3 Å². The van der Waals surface area contributed by atoms with Crippen LogP contribution < -0.4 is 5.32 Å². The first-order valence-electron chi connectivity index (χ1n) is 9.11. The minimum atomic E-state index is -0.158. The number of rotatable bonds is 5. The summed E-state index contributed by atoms with van der Waals surface area (Å²) in [6, 6.07) is 0.377. The Balaban J connectivity index is 1.40. The normalized spacial score (nSPS) is 27.4. The van der Waals surface area contributed by atoms with Crippen molar-refractivity contribution in [2.24, 2.45) is 5.92 Å². The van der Waals surface area contributed by atoms with Crippen molar-refractivity contribution in [2.75, 3.05) is 45.9 Å². The van der Waals surface area contributed by atoms with Crippen LogP contribution in [0.25, 0.3) is 0 Å². The van der Waals surface area contributed by atoms with Crippen LogP contribution in [0.15, 0.2) is 0 Å². The van der Waals surface area contributed by atoms with Gasteiger partial charge in [-0.1, -0.05) is 19.3 Å². The highest BCUT2D eigenvalue weighted by atomic mass is 16.5. The van der Waals surface area contributed by atoms with E-state index in [4.69, 9.17) is 4.74 Å². The minimum Gasteiger partial charge on any atom is -0.379 e. The molecule has 23 heavy (non-hydrogen) atoms. The third-order valence-electron chi connectivity index (χ3n) is 5.38. The first kappa shape index (κ1) is 16.7. The number of hydrogen-bond donors (Lipinski definition) is 1. The van der Waals surface area contributed by atoms with Crippen molar-refractivity contribution >= 4 is 11.8 Å². The van der Waals surface area contributed by atoms with Gasteiger partial charge in [-0.3, -0.25) is 14.5 Å². The maximum absolute atomic E-state index is 12.3. The molecule has 1 N–H and O–H groups in total. The molecule has 2 amide bonds. The van der Waals surface area contributed by atoms with Gasteiger partial charge in [-0.15, -0.1) is 0 Å².